The molecule has 0 aromatic carbocycles. The van der Waals surface area contributed by atoms with E-state index >= 15 is 0 Å². The normalized spacial score (nSPS) is 22.6. The molecule has 2 amide bonds. The highest BCUT2D eigenvalue weighted by Crippen LogP contribution is 2.28. The Balaban J connectivity index is 2.12. The molecule has 20 heavy (non-hydrogen) atoms. The second kappa shape index (κ2) is 5.52. The summed E-state index contributed by atoms with van der Waals surface area (Å²) in [7, 11) is 0. The van der Waals surface area contributed by atoms with Crippen molar-refractivity contribution in [3.63, 3.8) is 0 Å². The van der Waals surface area contributed by atoms with Gasteiger partial charge in [-0.05, 0) is 33.1 Å². The van der Waals surface area contributed by atoms with E-state index in [1.807, 2.05) is 6.92 Å². The van der Waals surface area contributed by atoms with Crippen molar-refractivity contribution in [3.8, 4) is 0 Å². The number of amides is 2. The van der Waals surface area contributed by atoms with E-state index in [1.54, 1.807) is 24.0 Å². The van der Waals surface area contributed by atoms with Crippen molar-refractivity contribution in [1.29, 1.82) is 0 Å². The van der Waals surface area contributed by atoms with E-state index in [4.69, 9.17) is 0 Å². The minimum atomic E-state index is -1.14. The molecule has 0 saturated carbocycles. The van der Waals surface area contributed by atoms with Crippen LogP contribution in [0.3, 0.4) is 0 Å². The van der Waals surface area contributed by atoms with Crippen LogP contribution in [0.5, 0.6) is 0 Å². The second-order valence-corrected chi connectivity index (χ2v) is 5.20. The van der Waals surface area contributed by atoms with Gasteiger partial charge in [-0.2, -0.15) is 5.10 Å². The van der Waals surface area contributed by atoms with Gasteiger partial charge in [0.2, 0.25) is 0 Å². The number of piperidine rings is 1. The molecule has 1 fully saturated rings. The standard InChI is InChI=1S/C13H20N4O3/c1-3-16-9-10(8-14-16)15-12(20)17-7-5-4-6-13(17,2)11(18)19/h8-9H,3-7H2,1-2H3,(H,15,20)(H,18,19). The van der Waals surface area contributed by atoms with Crippen LogP contribution in [0.4, 0.5) is 10.5 Å². The van der Waals surface area contributed by atoms with Crippen molar-refractivity contribution in [2.24, 2.45) is 0 Å². The lowest BCUT2D eigenvalue weighted by Gasteiger charge is -2.41. The summed E-state index contributed by atoms with van der Waals surface area (Å²) in [5.74, 6) is -0.961. The molecule has 0 radical (unpaired) electrons. The molecule has 1 saturated heterocycles. The fraction of sp³-hybridized carbons (Fsp3) is 0.615. The van der Waals surface area contributed by atoms with Gasteiger partial charge in [-0.15, -0.1) is 0 Å². The van der Waals surface area contributed by atoms with Crippen molar-refractivity contribution in [2.75, 3.05) is 11.9 Å². The Morgan fingerprint density at radius 1 is 1.50 bits per heavy atom. The Labute approximate surface area is 117 Å². The average molecular weight is 280 g/mol. The van der Waals surface area contributed by atoms with Crippen LogP contribution in [-0.4, -0.2) is 43.9 Å². The van der Waals surface area contributed by atoms with Gasteiger partial charge in [-0.3, -0.25) is 4.68 Å². The lowest BCUT2D eigenvalue weighted by atomic mass is 9.89. The summed E-state index contributed by atoms with van der Waals surface area (Å²) in [6.45, 7) is 4.72. The average Bonchev–Trinajstić information content (AvgIpc) is 2.86. The van der Waals surface area contributed by atoms with Gasteiger partial charge in [-0.25, -0.2) is 9.59 Å². The summed E-state index contributed by atoms with van der Waals surface area (Å²) >= 11 is 0. The van der Waals surface area contributed by atoms with Crippen LogP contribution in [0, 0.1) is 0 Å². The molecule has 1 atom stereocenters. The molecule has 2 heterocycles. The number of anilines is 1. The Kier molecular flexibility index (Phi) is 3.96. The van der Waals surface area contributed by atoms with E-state index in [-0.39, 0.29) is 6.03 Å². The summed E-state index contributed by atoms with van der Waals surface area (Å²) < 4.78 is 1.70. The largest absolute Gasteiger partial charge is 0.480 e. The van der Waals surface area contributed by atoms with Gasteiger partial charge in [0.15, 0.2) is 0 Å². The number of rotatable bonds is 3. The summed E-state index contributed by atoms with van der Waals surface area (Å²) in [5.41, 5.74) is -0.557. The van der Waals surface area contributed by atoms with Gasteiger partial charge >= 0.3 is 12.0 Å². The van der Waals surface area contributed by atoms with Crippen molar-refractivity contribution >= 4 is 17.7 Å². The summed E-state index contributed by atoms with van der Waals surface area (Å²) in [6, 6.07) is -0.384. The first-order chi connectivity index (χ1) is 9.47. The van der Waals surface area contributed by atoms with Gasteiger partial charge in [-0.1, -0.05) is 0 Å². The van der Waals surface area contributed by atoms with Crippen LogP contribution in [0.2, 0.25) is 0 Å². The summed E-state index contributed by atoms with van der Waals surface area (Å²) in [5, 5.41) is 16.2. The highest BCUT2D eigenvalue weighted by Gasteiger charge is 2.44. The number of carbonyl (C=O) groups excluding carboxylic acids is 1. The molecule has 1 aromatic heterocycles. The molecule has 2 rings (SSSR count). The molecule has 1 aliphatic rings. The Bertz CT molecular complexity index is 513. The number of aryl methyl sites for hydroxylation is 1. The number of hydrogen-bond donors (Lipinski definition) is 2. The van der Waals surface area contributed by atoms with Gasteiger partial charge in [0.1, 0.15) is 5.54 Å². The van der Waals surface area contributed by atoms with E-state index in [1.165, 1.54) is 4.90 Å². The molecule has 7 nitrogen and oxygen atoms in total. The molecule has 0 aliphatic carbocycles. The third kappa shape index (κ3) is 2.61. The maximum atomic E-state index is 12.3. The van der Waals surface area contributed by atoms with Crippen LogP contribution in [0.25, 0.3) is 0 Å². The van der Waals surface area contributed by atoms with Crippen molar-refractivity contribution in [2.45, 2.75) is 45.2 Å². The molecule has 0 spiro atoms. The topological polar surface area (TPSA) is 87.5 Å². The number of carbonyl (C=O) groups is 2. The van der Waals surface area contributed by atoms with Gasteiger partial charge < -0.3 is 15.3 Å². The molecule has 1 aliphatic heterocycles. The van der Waals surface area contributed by atoms with E-state index in [0.29, 0.717) is 25.2 Å². The number of urea groups is 1. The molecular formula is C13H20N4O3. The van der Waals surface area contributed by atoms with Crippen molar-refractivity contribution in [3.05, 3.63) is 12.4 Å². The fourth-order valence-corrected chi connectivity index (χ4v) is 2.46. The van der Waals surface area contributed by atoms with Crippen LogP contribution < -0.4 is 5.32 Å². The van der Waals surface area contributed by atoms with Crippen molar-refractivity contribution in [1.82, 2.24) is 14.7 Å². The van der Waals surface area contributed by atoms with Crippen LogP contribution in [0.15, 0.2) is 12.4 Å². The predicted octanol–water partition coefficient (Wildman–Crippen LogP) is 1.76. The van der Waals surface area contributed by atoms with E-state index in [9.17, 15) is 14.7 Å². The Hall–Kier alpha value is -2.05. The lowest BCUT2D eigenvalue weighted by Crippen LogP contribution is -2.58. The van der Waals surface area contributed by atoms with Gasteiger partial charge in [0.25, 0.3) is 0 Å². The second-order valence-electron chi connectivity index (χ2n) is 5.20. The van der Waals surface area contributed by atoms with Gasteiger partial charge in [0.05, 0.1) is 11.9 Å². The SMILES string of the molecule is CCn1cc(NC(=O)N2CCCCC2(C)C(=O)O)cn1. The number of nitrogens with zero attached hydrogens (tertiary/aromatic N) is 3. The molecule has 1 unspecified atom stereocenters. The molecule has 110 valence electrons. The zero-order valence-corrected chi connectivity index (χ0v) is 11.8. The lowest BCUT2D eigenvalue weighted by molar-refractivity contribution is -0.150. The molecule has 1 aromatic rings. The van der Waals surface area contributed by atoms with Crippen LogP contribution in [0.1, 0.15) is 33.1 Å². The van der Waals surface area contributed by atoms with E-state index < -0.39 is 11.5 Å². The summed E-state index contributed by atoms with van der Waals surface area (Å²) in [6.07, 6.45) is 5.40. The highest BCUT2D eigenvalue weighted by atomic mass is 16.4. The number of hydrogen-bond acceptors (Lipinski definition) is 3. The monoisotopic (exact) mass is 280 g/mol. The quantitative estimate of drug-likeness (QED) is 0.883. The number of aromatic nitrogens is 2. The predicted molar refractivity (Wildman–Crippen MR) is 73.5 cm³/mol. The van der Waals surface area contributed by atoms with Crippen molar-refractivity contribution < 1.29 is 14.7 Å². The maximum Gasteiger partial charge on any atom is 0.329 e. The Morgan fingerprint density at radius 2 is 2.25 bits per heavy atom. The van der Waals surface area contributed by atoms with Crippen LogP contribution in [-0.2, 0) is 11.3 Å². The number of aliphatic carboxylic acids is 1. The number of nitrogens with one attached hydrogen (secondary N) is 1. The smallest absolute Gasteiger partial charge is 0.329 e. The number of carboxylic acid groups (broad SMARTS) is 1. The molecule has 2 N–H and O–H groups in total. The molecule has 0 bridgehead atoms. The first-order valence-electron chi connectivity index (χ1n) is 6.82. The van der Waals surface area contributed by atoms with E-state index in [2.05, 4.69) is 10.4 Å². The highest BCUT2D eigenvalue weighted by molar-refractivity contribution is 5.93. The zero-order valence-electron chi connectivity index (χ0n) is 11.8. The minimum absolute atomic E-state index is 0.384. The summed E-state index contributed by atoms with van der Waals surface area (Å²) in [4.78, 5) is 25.2. The fourth-order valence-electron chi connectivity index (χ4n) is 2.46. The van der Waals surface area contributed by atoms with Gasteiger partial charge in [0, 0.05) is 19.3 Å². The van der Waals surface area contributed by atoms with E-state index in [0.717, 1.165) is 12.8 Å². The third-order valence-electron chi connectivity index (χ3n) is 3.81. The zero-order chi connectivity index (χ0) is 14.8. The maximum absolute atomic E-state index is 12.3. The van der Waals surface area contributed by atoms with Crippen LogP contribution >= 0.6 is 0 Å². The number of likely N-dealkylation sites (tertiary alicyclic amines) is 1. The first kappa shape index (κ1) is 14.4. The minimum Gasteiger partial charge on any atom is -0.480 e. The molecular weight excluding hydrogens is 260 g/mol. The third-order valence-corrected chi connectivity index (χ3v) is 3.81. The number of carboxylic acids is 1. The Morgan fingerprint density at radius 3 is 2.85 bits per heavy atom. The first-order valence-corrected chi connectivity index (χ1v) is 6.82. The molecule has 7 heteroatoms.